The lowest BCUT2D eigenvalue weighted by Crippen LogP contribution is -2.44. The van der Waals surface area contributed by atoms with Gasteiger partial charge in [-0.25, -0.2) is 4.79 Å². The maximum Gasteiger partial charge on any atom is 0.326 e. The molecule has 2 N–H and O–H groups in total. The zero-order chi connectivity index (χ0) is 18.2. The molecular formula is C20H20N2O3. The Bertz CT molecular complexity index is 714. The molecule has 5 heteroatoms. The molecule has 2 aromatic rings. The summed E-state index contributed by atoms with van der Waals surface area (Å²) in [5.41, 5.74) is 1.56. The summed E-state index contributed by atoms with van der Waals surface area (Å²) in [5.74, 6) is -2.61. The van der Waals surface area contributed by atoms with Crippen molar-refractivity contribution < 1.29 is 14.7 Å². The lowest BCUT2D eigenvalue weighted by molar-refractivity contribution is -0.142. The first kappa shape index (κ1) is 18.2. The lowest BCUT2D eigenvalue weighted by atomic mass is 9.90. The van der Waals surface area contributed by atoms with Gasteiger partial charge in [0.25, 0.3) is 0 Å². The van der Waals surface area contributed by atoms with Crippen molar-refractivity contribution in [2.24, 2.45) is 5.92 Å². The Hall–Kier alpha value is -3.13. The van der Waals surface area contributed by atoms with Gasteiger partial charge in [-0.15, -0.1) is 0 Å². The van der Waals surface area contributed by atoms with Gasteiger partial charge in [-0.1, -0.05) is 60.7 Å². The van der Waals surface area contributed by atoms with Gasteiger partial charge in [0.05, 0.1) is 12.0 Å². The van der Waals surface area contributed by atoms with Crippen molar-refractivity contribution in [3.05, 3.63) is 71.8 Å². The van der Waals surface area contributed by atoms with Crippen LogP contribution in [0.5, 0.6) is 0 Å². The molecule has 0 saturated heterocycles. The second-order valence-corrected chi connectivity index (χ2v) is 5.92. The van der Waals surface area contributed by atoms with Crippen LogP contribution in [0, 0.1) is 17.2 Å². The molecule has 0 spiro atoms. The smallest absolute Gasteiger partial charge is 0.326 e. The van der Waals surface area contributed by atoms with E-state index in [0.717, 1.165) is 11.1 Å². The molecular weight excluding hydrogens is 316 g/mol. The summed E-state index contributed by atoms with van der Waals surface area (Å²) in [5, 5.41) is 20.9. The van der Waals surface area contributed by atoms with E-state index in [1.807, 2.05) is 66.7 Å². The maximum absolute atomic E-state index is 12.9. The fourth-order valence-electron chi connectivity index (χ4n) is 2.67. The predicted molar refractivity (Wildman–Crippen MR) is 93.7 cm³/mol. The molecule has 2 atom stereocenters. The van der Waals surface area contributed by atoms with Crippen LogP contribution in [-0.2, 0) is 9.59 Å². The highest BCUT2D eigenvalue weighted by Gasteiger charge is 2.28. The fourth-order valence-corrected chi connectivity index (χ4v) is 2.67. The van der Waals surface area contributed by atoms with Gasteiger partial charge in [-0.2, -0.15) is 5.26 Å². The SMILES string of the molecule is C[C@H](C#N)C[C@@H](NC(=O)C(c1ccccc1)c1ccccc1)C(=O)O. The van der Waals surface area contributed by atoms with Crippen LogP contribution in [0.3, 0.4) is 0 Å². The van der Waals surface area contributed by atoms with E-state index >= 15 is 0 Å². The van der Waals surface area contributed by atoms with Gasteiger partial charge >= 0.3 is 5.97 Å². The highest BCUT2D eigenvalue weighted by atomic mass is 16.4. The topological polar surface area (TPSA) is 90.2 Å². The molecule has 0 aliphatic carbocycles. The van der Waals surface area contributed by atoms with Gasteiger partial charge in [0.2, 0.25) is 5.91 Å². The third-order valence-corrected chi connectivity index (χ3v) is 3.95. The Morgan fingerprint density at radius 2 is 1.52 bits per heavy atom. The molecule has 2 rings (SSSR count). The summed E-state index contributed by atoms with van der Waals surface area (Å²) < 4.78 is 0. The average molecular weight is 336 g/mol. The number of nitrogens with one attached hydrogen (secondary N) is 1. The number of carbonyl (C=O) groups is 2. The number of carbonyl (C=O) groups excluding carboxylic acids is 1. The summed E-state index contributed by atoms with van der Waals surface area (Å²) in [6.07, 6.45) is 0.0634. The van der Waals surface area contributed by atoms with E-state index in [1.54, 1.807) is 6.92 Å². The summed E-state index contributed by atoms with van der Waals surface area (Å²) >= 11 is 0. The molecule has 128 valence electrons. The second-order valence-electron chi connectivity index (χ2n) is 5.92. The summed E-state index contributed by atoms with van der Waals surface area (Å²) in [6, 6.07) is 19.3. The first-order chi connectivity index (χ1) is 12.0. The molecule has 0 heterocycles. The van der Waals surface area contributed by atoms with Crippen LogP contribution in [0.15, 0.2) is 60.7 Å². The van der Waals surface area contributed by atoms with E-state index < -0.39 is 29.8 Å². The highest BCUT2D eigenvalue weighted by Crippen LogP contribution is 2.25. The minimum atomic E-state index is -1.14. The largest absolute Gasteiger partial charge is 0.480 e. The lowest BCUT2D eigenvalue weighted by Gasteiger charge is -2.21. The molecule has 0 aromatic heterocycles. The van der Waals surface area contributed by atoms with Crippen LogP contribution in [0.1, 0.15) is 30.4 Å². The Kier molecular flexibility index (Phi) is 6.30. The van der Waals surface area contributed by atoms with Crippen molar-refractivity contribution in [2.45, 2.75) is 25.3 Å². The quantitative estimate of drug-likeness (QED) is 0.813. The van der Waals surface area contributed by atoms with Crippen molar-refractivity contribution in [3.8, 4) is 6.07 Å². The molecule has 0 bridgehead atoms. The minimum absolute atomic E-state index is 0.0634. The predicted octanol–water partition coefficient (Wildman–Crippen LogP) is 2.94. The summed E-state index contributed by atoms with van der Waals surface area (Å²) in [4.78, 5) is 24.3. The molecule has 0 aliphatic rings. The van der Waals surface area contributed by atoms with Gasteiger partial charge in [0.15, 0.2) is 0 Å². The Balaban J connectivity index is 2.29. The summed E-state index contributed by atoms with van der Waals surface area (Å²) in [7, 11) is 0. The van der Waals surface area contributed by atoms with Crippen LogP contribution < -0.4 is 5.32 Å². The average Bonchev–Trinajstić information content (AvgIpc) is 2.63. The molecule has 2 aromatic carbocycles. The number of hydrogen-bond donors (Lipinski definition) is 2. The van der Waals surface area contributed by atoms with E-state index in [2.05, 4.69) is 5.32 Å². The zero-order valence-electron chi connectivity index (χ0n) is 13.9. The van der Waals surface area contributed by atoms with Crippen LogP contribution >= 0.6 is 0 Å². The van der Waals surface area contributed by atoms with Crippen molar-refractivity contribution in [3.63, 3.8) is 0 Å². The van der Waals surface area contributed by atoms with Crippen molar-refractivity contribution in [1.29, 1.82) is 5.26 Å². The number of carboxylic acid groups (broad SMARTS) is 1. The third-order valence-electron chi connectivity index (χ3n) is 3.95. The molecule has 0 radical (unpaired) electrons. The summed E-state index contributed by atoms with van der Waals surface area (Å²) in [6.45, 7) is 1.63. The number of hydrogen-bond acceptors (Lipinski definition) is 3. The highest BCUT2D eigenvalue weighted by molar-refractivity contribution is 5.90. The maximum atomic E-state index is 12.9. The number of carboxylic acids is 1. The van der Waals surface area contributed by atoms with Crippen molar-refractivity contribution >= 4 is 11.9 Å². The molecule has 0 unspecified atom stereocenters. The van der Waals surface area contributed by atoms with Crippen LogP contribution in [0.25, 0.3) is 0 Å². The number of benzene rings is 2. The second kappa shape index (κ2) is 8.65. The minimum Gasteiger partial charge on any atom is -0.480 e. The number of rotatable bonds is 7. The van der Waals surface area contributed by atoms with Crippen LogP contribution in [0.2, 0.25) is 0 Å². The van der Waals surface area contributed by atoms with Gasteiger partial charge < -0.3 is 10.4 Å². The number of aliphatic carboxylic acids is 1. The Morgan fingerprint density at radius 3 is 1.92 bits per heavy atom. The van der Waals surface area contributed by atoms with Crippen LogP contribution in [0.4, 0.5) is 0 Å². The van der Waals surface area contributed by atoms with Gasteiger partial charge in [0, 0.05) is 5.92 Å². The number of amides is 1. The number of nitriles is 1. The van der Waals surface area contributed by atoms with E-state index in [0.29, 0.717) is 0 Å². The Morgan fingerprint density at radius 1 is 1.04 bits per heavy atom. The van der Waals surface area contributed by atoms with E-state index in [1.165, 1.54) is 0 Å². The molecule has 0 aliphatic heterocycles. The van der Waals surface area contributed by atoms with Crippen LogP contribution in [-0.4, -0.2) is 23.0 Å². The zero-order valence-corrected chi connectivity index (χ0v) is 13.9. The van der Waals surface area contributed by atoms with E-state index in [-0.39, 0.29) is 6.42 Å². The molecule has 25 heavy (non-hydrogen) atoms. The van der Waals surface area contributed by atoms with E-state index in [4.69, 9.17) is 5.26 Å². The van der Waals surface area contributed by atoms with Gasteiger partial charge in [-0.05, 0) is 24.5 Å². The monoisotopic (exact) mass is 336 g/mol. The normalized spacial score (nSPS) is 12.8. The standard InChI is InChI=1S/C20H20N2O3/c1-14(13-21)12-17(20(24)25)22-19(23)18(15-8-4-2-5-9-15)16-10-6-3-7-11-16/h2-11,14,17-18H,12H2,1H3,(H,22,23)(H,24,25)/t14-,17+/m0/s1. The Labute approximate surface area is 146 Å². The molecule has 5 nitrogen and oxygen atoms in total. The molecule has 0 saturated carbocycles. The molecule has 0 fully saturated rings. The fraction of sp³-hybridized carbons (Fsp3) is 0.250. The van der Waals surface area contributed by atoms with E-state index in [9.17, 15) is 14.7 Å². The molecule has 1 amide bonds. The van der Waals surface area contributed by atoms with Gasteiger partial charge in [-0.3, -0.25) is 4.79 Å². The first-order valence-corrected chi connectivity index (χ1v) is 8.05. The first-order valence-electron chi connectivity index (χ1n) is 8.05. The van der Waals surface area contributed by atoms with Gasteiger partial charge in [0.1, 0.15) is 6.04 Å². The van der Waals surface area contributed by atoms with Crippen molar-refractivity contribution in [1.82, 2.24) is 5.32 Å². The van der Waals surface area contributed by atoms with Crippen molar-refractivity contribution in [2.75, 3.05) is 0 Å². The third kappa shape index (κ3) is 4.92. The number of nitrogens with zero attached hydrogens (tertiary/aromatic N) is 1.